The Labute approximate surface area is 156 Å². The molecular weight excluding hydrogens is 324 g/mol. The Morgan fingerprint density at radius 3 is 2.65 bits per heavy atom. The molecule has 2 fully saturated rings. The molecule has 0 aliphatic carbocycles. The third-order valence-electron chi connectivity index (χ3n) is 5.96. The molecule has 0 saturated carbocycles. The SMILES string of the molecule is Cc1cccnc1C1CCCN1Cc1ncc(N2CCN(C)CC2)n1C. The molecule has 0 amide bonds. The number of nitrogens with zero attached hydrogens (tertiary/aromatic N) is 6. The van der Waals surface area contributed by atoms with Crippen LogP contribution in [0.25, 0.3) is 0 Å². The van der Waals surface area contributed by atoms with Gasteiger partial charge in [0.1, 0.15) is 11.6 Å². The summed E-state index contributed by atoms with van der Waals surface area (Å²) in [7, 11) is 4.35. The first-order valence-corrected chi connectivity index (χ1v) is 9.73. The third-order valence-corrected chi connectivity index (χ3v) is 5.96. The smallest absolute Gasteiger partial charge is 0.128 e. The van der Waals surface area contributed by atoms with Gasteiger partial charge in [0.05, 0.1) is 24.5 Å². The number of hydrogen-bond acceptors (Lipinski definition) is 5. The Balaban J connectivity index is 1.50. The van der Waals surface area contributed by atoms with Crippen LogP contribution in [0.15, 0.2) is 24.5 Å². The molecule has 2 aliphatic heterocycles. The molecule has 2 aromatic rings. The van der Waals surface area contributed by atoms with Crippen molar-refractivity contribution in [2.45, 2.75) is 32.4 Å². The number of piperazine rings is 1. The molecule has 0 N–H and O–H groups in total. The largest absolute Gasteiger partial charge is 0.354 e. The number of aromatic nitrogens is 3. The van der Waals surface area contributed by atoms with Crippen molar-refractivity contribution in [1.29, 1.82) is 0 Å². The van der Waals surface area contributed by atoms with Crippen LogP contribution in [0.4, 0.5) is 5.82 Å². The molecule has 4 rings (SSSR count). The fourth-order valence-electron chi connectivity index (χ4n) is 4.27. The maximum Gasteiger partial charge on any atom is 0.128 e. The minimum Gasteiger partial charge on any atom is -0.354 e. The molecule has 2 saturated heterocycles. The molecule has 0 bridgehead atoms. The summed E-state index contributed by atoms with van der Waals surface area (Å²) in [5, 5.41) is 0. The van der Waals surface area contributed by atoms with E-state index in [1.165, 1.54) is 29.9 Å². The molecule has 6 nitrogen and oxygen atoms in total. The maximum absolute atomic E-state index is 4.77. The zero-order valence-electron chi connectivity index (χ0n) is 16.2. The number of rotatable bonds is 4. The number of anilines is 1. The molecule has 0 aromatic carbocycles. The predicted octanol–water partition coefficient (Wildman–Crippen LogP) is 2.21. The van der Waals surface area contributed by atoms with E-state index in [9.17, 15) is 0 Å². The number of aryl methyl sites for hydroxylation is 1. The van der Waals surface area contributed by atoms with Crippen molar-refractivity contribution in [2.75, 3.05) is 44.7 Å². The minimum absolute atomic E-state index is 0.417. The summed E-state index contributed by atoms with van der Waals surface area (Å²) in [6.07, 6.45) is 6.40. The minimum atomic E-state index is 0.417. The Kier molecular flexibility index (Phi) is 4.96. The van der Waals surface area contributed by atoms with Gasteiger partial charge in [-0.2, -0.15) is 0 Å². The Hall–Kier alpha value is -1.92. The van der Waals surface area contributed by atoms with Crippen LogP contribution >= 0.6 is 0 Å². The van der Waals surface area contributed by atoms with Crippen molar-refractivity contribution in [3.63, 3.8) is 0 Å². The molecule has 2 aliphatic rings. The van der Waals surface area contributed by atoms with Crippen molar-refractivity contribution in [1.82, 2.24) is 24.3 Å². The average Bonchev–Trinajstić information content (AvgIpc) is 3.24. The van der Waals surface area contributed by atoms with Gasteiger partial charge in [-0.3, -0.25) is 9.88 Å². The molecule has 0 radical (unpaired) electrons. The van der Waals surface area contributed by atoms with E-state index in [2.05, 4.69) is 57.5 Å². The van der Waals surface area contributed by atoms with Crippen LogP contribution in [0.5, 0.6) is 0 Å². The Bertz CT molecular complexity index is 747. The highest BCUT2D eigenvalue weighted by atomic mass is 15.3. The number of pyridine rings is 1. The van der Waals surface area contributed by atoms with E-state index >= 15 is 0 Å². The van der Waals surface area contributed by atoms with Crippen molar-refractivity contribution >= 4 is 5.82 Å². The van der Waals surface area contributed by atoms with Crippen molar-refractivity contribution < 1.29 is 0 Å². The lowest BCUT2D eigenvalue weighted by molar-refractivity contribution is 0.235. The van der Waals surface area contributed by atoms with Crippen molar-refractivity contribution in [2.24, 2.45) is 7.05 Å². The second-order valence-corrected chi connectivity index (χ2v) is 7.72. The summed E-state index contributed by atoms with van der Waals surface area (Å²) in [6, 6.07) is 4.62. The van der Waals surface area contributed by atoms with Gasteiger partial charge in [-0.25, -0.2) is 4.98 Å². The number of likely N-dealkylation sites (N-methyl/N-ethyl adjacent to an activating group) is 1. The van der Waals surface area contributed by atoms with Gasteiger partial charge in [0.15, 0.2) is 0 Å². The molecule has 6 heteroatoms. The summed E-state index contributed by atoms with van der Waals surface area (Å²) in [5.41, 5.74) is 2.53. The van der Waals surface area contributed by atoms with E-state index in [-0.39, 0.29) is 0 Å². The van der Waals surface area contributed by atoms with Gasteiger partial charge in [0, 0.05) is 39.4 Å². The zero-order valence-corrected chi connectivity index (χ0v) is 16.2. The lowest BCUT2D eigenvalue weighted by atomic mass is 10.1. The first kappa shape index (κ1) is 17.5. The first-order valence-electron chi connectivity index (χ1n) is 9.73. The topological polar surface area (TPSA) is 40.4 Å². The van der Waals surface area contributed by atoms with E-state index in [4.69, 9.17) is 4.98 Å². The van der Waals surface area contributed by atoms with Gasteiger partial charge in [-0.1, -0.05) is 6.07 Å². The summed E-state index contributed by atoms with van der Waals surface area (Å²) in [4.78, 5) is 16.8. The zero-order chi connectivity index (χ0) is 18.1. The molecule has 26 heavy (non-hydrogen) atoms. The van der Waals surface area contributed by atoms with Gasteiger partial charge < -0.3 is 14.4 Å². The lowest BCUT2D eigenvalue weighted by Crippen LogP contribution is -2.45. The highest BCUT2D eigenvalue weighted by Crippen LogP contribution is 2.33. The van der Waals surface area contributed by atoms with Crippen molar-refractivity contribution in [3.8, 4) is 0 Å². The highest BCUT2D eigenvalue weighted by Gasteiger charge is 2.29. The standard InChI is InChI=1S/C20H30N6/c1-16-6-4-8-21-20(16)17-7-5-9-26(17)15-18-22-14-19(24(18)3)25-12-10-23(2)11-13-25/h4,6,8,14,17H,5,7,9-13,15H2,1-3H3. The molecular formula is C20H30N6. The normalized spacial score (nSPS) is 22.3. The molecule has 4 heterocycles. The van der Waals surface area contributed by atoms with Crippen LogP contribution < -0.4 is 4.90 Å². The van der Waals surface area contributed by atoms with E-state index < -0.39 is 0 Å². The third kappa shape index (κ3) is 3.35. The summed E-state index contributed by atoms with van der Waals surface area (Å²) < 4.78 is 2.28. The van der Waals surface area contributed by atoms with Gasteiger partial charge >= 0.3 is 0 Å². The summed E-state index contributed by atoms with van der Waals surface area (Å²) >= 11 is 0. The van der Waals surface area contributed by atoms with E-state index in [1.807, 2.05) is 12.3 Å². The van der Waals surface area contributed by atoms with Crippen LogP contribution in [0.1, 0.15) is 36.0 Å². The predicted molar refractivity (Wildman–Crippen MR) is 104 cm³/mol. The van der Waals surface area contributed by atoms with Gasteiger partial charge in [-0.15, -0.1) is 0 Å². The Morgan fingerprint density at radius 1 is 1.08 bits per heavy atom. The fraction of sp³-hybridized carbons (Fsp3) is 0.600. The lowest BCUT2D eigenvalue weighted by Gasteiger charge is -2.34. The average molecular weight is 355 g/mol. The number of imidazole rings is 1. The van der Waals surface area contributed by atoms with Crippen LogP contribution in [-0.2, 0) is 13.6 Å². The van der Waals surface area contributed by atoms with Crippen LogP contribution in [0.2, 0.25) is 0 Å². The first-order chi connectivity index (χ1) is 12.6. The van der Waals surface area contributed by atoms with Crippen molar-refractivity contribution in [3.05, 3.63) is 41.6 Å². The second-order valence-electron chi connectivity index (χ2n) is 7.72. The van der Waals surface area contributed by atoms with Crippen LogP contribution in [-0.4, -0.2) is 64.1 Å². The van der Waals surface area contributed by atoms with E-state index in [0.717, 1.165) is 45.1 Å². The monoisotopic (exact) mass is 354 g/mol. The molecule has 140 valence electrons. The van der Waals surface area contributed by atoms with Crippen LogP contribution in [0, 0.1) is 6.92 Å². The molecule has 0 spiro atoms. The summed E-state index contributed by atoms with van der Waals surface area (Å²) in [6.45, 7) is 8.58. The van der Waals surface area contributed by atoms with Gasteiger partial charge in [0.25, 0.3) is 0 Å². The second kappa shape index (κ2) is 7.37. The molecule has 1 atom stereocenters. The van der Waals surface area contributed by atoms with Crippen LogP contribution in [0.3, 0.4) is 0 Å². The highest BCUT2D eigenvalue weighted by molar-refractivity contribution is 5.39. The van der Waals surface area contributed by atoms with Gasteiger partial charge in [0.2, 0.25) is 0 Å². The van der Waals surface area contributed by atoms with Gasteiger partial charge in [-0.05, 0) is 45.0 Å². The fourth-order valence-corrected chi connectivity index (χ4v) is 4.27. The molecule has 2 aromatic heterocycles. The van der Waals surface area contributed by atoms with E-state index in [1.54, 1.807) is 0 Å². The molecule has 1 unspecified atom stereocenters. The summed E-state index contributed by atoms with van der Waals surface area (Å²) in [5.74, 6) is 2.40. The number of likely N-dealkylation sites (tertiary alicyclic amines) is 1. The quantitative estimate of drug-likeness (QED) is 0.842. The van der Waals surface area contributed by atoms with E-state index in [0.29, 0.717) is 6.04 Å². The Morgan fingerprint density at radius 2 is 1.88 bits per heavy atom. The number of hydrogen-bond donors (Lipinski definition) is 0. The maximum atomic E-state index is 4.77.